The molecule has 2 N–H and O–H groups in total. The third-order valence-corrected chi connectivity index (χ3v) is 5.27. The quantitative estimate of drug-likeness (QED) is 0.317. The number of hydrogen-bond donors (Lipinski definition) is 2. The number of aromatic nitrogens is 2. The number of fused-ring (bicyclic) bond motifs is 2. The number of rotatable bonds is 5. The van der Waals surface area contributed by atoms with Gasteiger partial charge in [0, 0.05) is 10.8 Å². The summed E-state index contributed by atoms with van der Waals surface area (Å²) in [6, 6.07) is 16.4. The molecule has 156 valence electrons. The smallest absolute Gasteiger partial charge is 0.147 e. The van der Waals surface area contributed by atoms with Gasteiger partial charge in [-0.3, -0.25) is 10.9 Å². The molecule has 4 aromatic rings. The molecule has 0 atom stereocenters. The Bertz CT molecular complexity index is 1340. The Hall–Kier alpha value is -3.80. The molecule has 0 saturated heterocycles. The van der Waals surface area contributed by atoms with Crippen molar-refractivity contribution in [1.82, 2.24) is 9.97 Å². The molecule has 0 aliphatic heterocycles. The molecule has 2 aromatic heterocycles. The predicted octanol–water partition coefficient (Wildman–Crippen LogP) is 5.90. The van der Waals surface area contributed by atoms with Gasteiger partial charge in [-0.25, -0.2) is 9.97 Å². The van der Waals surface area contributed by atoms with Crippen molar-refractivity contribution in [3.05, 3.63) is 70.8 Å². The number of pyridine rings is 2. The molecule has 2 aromatic carbocycles. The number of nitrogens with one attached hydrogen (secondary N) is 2. The SMILES string of the molecule is CC(/C=N/Nc1cc(C)c2cccc(C)c2n1)=N\Nc1cc(C)c2cccc(C)c2n1. The van der Waals surface area contributed by atoms with E-state index < -0.39 is 0 Å². The average molecular weight is 411 g/mol. The van der Waals surface area contributed by atoms with Crippen LogP contribution in [-0.2, 0) is 0 Å². The van der Waals surface area contributed by atoms with E-state index in [0.29, 0.717) is 17.3 Å². The summed E-state index contributed by atoms with van der Waals surface area (Å²) in [5.41, 5.74) is 13.3. The fraction of sp³-hybridized carbons (Fsp3) is 0.200. The Morgan fingerprint density at radius 1 is 0.742 bits per heavy atom. The Kier molecular flexibility index (Phi) is 5.62. The van der Waals surface area contributed by atoms with Crippen LogP contribution in [0.5, 0.6) is 0 Å². The number of anilines is 2. The van der Waals surface area contributed by atoms with Gasteiger partial charge in [-0.05, 0) is 69.0 Å². The number of para-hydroxylation sites is 2. The highest BCUT2D eigenvalue weighted by atomic mass is 15.3. The van der Waals surface area contributed by atoms with Crippen molar-refractivity contribution in [2.24, 2.45) is 10.2 Å². The van der Waals surface area contributed by atoms with Crippen LogP contribution in [0.15, 0.2) is 58.7 Å². The summed E-state index contributed by atoms with van der Waals surface area (Å²) < 4.78 is 0. The van der Waals surface area contributed by atoms with Crippen molar-refractivity contribution in [2.75, 3.05) is 10.9 Å². The fourth-order valence-corrected chi connectivity index (χ4v) is 3.60. The average Bonchev–Trinajstić information content (AvgIpc) is 2.74. The molecule has 0 spiro atoms. The highest BCUT2D eigenvalue weighted by Crippen LogP contribution is 2.23. The van der Waals surface area contributed by atoms with E-state index in [4.69, 9.17) is 4.98 Å². The maximum absolute atomic E-state index is 4.69. The third kappa shape index (κ3) is 4.38. The fourth-order valence-electron chi connectivity index (χ4n) is 3.60. The summed E-state index contributed by atoms with van der Waals surface area (Å²) in [6.45, 7) is 10.2. The second-order valence-corrected chi connectivity index (χ2v) is 7.83. The molecule has 0 radical (unpaired) electrons. The monoisotopic (exact) mass is 410 g/mol. The van der Waals surface area contributed by atoms with E-state index in [1.54, 1.807) is 6.21 Å². The lowest BCUT2D eigenvalue weighted by molar-refractivity contribution is 1.23. The maximum Gasteiger partial charge on any atom is 0.147 e. The van der Waals surface area contributed by atoms with Gasteiger partial charge in [0.2, 0.25) is 0 Å². The van der Waals surface area contributed by atoms with Crippen LogP contribution in [0.2, 0.25) is 0 Å². The van der Waals surface area contributed by atoms with E-state index in [-0.39, 0.29) is 0 Å². The Balaban J connectivity index is 1.48. The van der Waals surface area contributed by atoms with E-state index in [1.807, 2.05) is 19.1 Å². The molecule has 0 aliphatic rings. The van der Waals surface area contributed by atoms with Gasteiger partial charge in [-0.2, -0.15) is 10.2 Å². The van der Waals surface area contributed by atoms with Gasteiger partial charge in [0.1, 0.15) is 11.6 Å². The molecule has 0 fully saturated rings. The van der Waals surface area contributed by atoms with Gasteiger partial charge in [0.25, 0.3) is 0 Å². The molecular formula is C25H26N6. The van der Waals surface area contributed by atoms with Crippen molar-refractivity contribution in [3.63, 3.8) is 0 Å². The highest BCUT2D eigenvalue weighted by Gasteiger charge is 2.05. The van der Waals surface area contributed by atoms with Crippen molar-refractivity contribution in [3.8, 4) is 0 Å². The zero-order valence-corrected chi connectivity index (χ0v) is 18.5. The number of hydrogen-bond acceptors (Lipinski definition) is 6. The van der Waals surface area contributed by atoms with Crippen LogP contribution in [0.3, 0.4) is 0 Å². The normalized spacial score (nSPS) is 12.1. The molecule has 4 rings (SSSR count). The van der Waals surface area contributed by atoms with Gasteiger partial charge in [0.05, 0.1) is 23.0 Å². The van der Waals surface area contributed by atoms with Gasteiger partial charge in [-0.15, -0.1) is 0 Å². The topological polar surface area (TPSA) is 74.6 Å². The zero-order chi connectivity index (χ0) is 22.0. The minimum atomic E-state index is 0.707. The lowest BCUT2D eigenvalue weighted by atomic mass is 10.1. The van der Waals surface area contributed by atoms with Crippen LogP contribution < -0.4 is 10.9 Å². The Morgan fingerprint density at radius 3 is 1.81 bits per heavy atom. The molecule has 6 nitrogen and oxygen atoms in total. The van der Waals surface area contributed by atoms with E-state index in [2.05, 4.69) is 90.1 Å². The Morgan fingerprint density at radius 2 is 1.26 bits per heavy atom. The second-order valence-electron chi connectivity index (χ2n) is 7.83. The first-order valence-corrected chi connectivity index (χ1v) is 10.3. The van der Waals surface area contributed by atoms with Crippen LogP contribution in [-0.4, -0.2) is 21.9 Å². The molecule has 0 bridgehead atoms. The first-order valence-electron chi connectivity index (χ1n) is 10.3. The summed E-state index contributed by atoms with van der Waals surface area (Å²) in [4.78, 5) is 9.38. The first kappa shape index (κ1) is 20.5. The number of benzene rings is 2. The summed E-state index contributed by atoms with van der Waals surface area (Å²) in [6.07, 6.45) is 1.66. The Labute approximate surface area is 182 Å². The molecule has 0 aliphatic carbocycles. The predicted molar refractivity (Wildman–Crippen MR) is 131 cm³/mol. The molecule has 0 amide bonds. The number of hydrazone groups is 2. The molecule has 2 heterocycles. The van der Waals surface area contributed by atoms with E-state index in [1.165, 1.54) is 0 Å². The van der Waals surface area contributed by atoms with E-state index in [0.717, 1.165) is 44.1 Å². The third-order valence-electron chi connectivity index (χ3n) is 5.27. The van der Waals surface area contributed by atoms with E-state index >= 15 is 0 Å². The lowest BCUT2D eigenvalue weighted by Crippen LogP contribution is -2.03. The highest BCUT2D eigenvalue weighted by molar-refractivity contribution is 6.29. The van der Waals surface area contributed by atoms with Crippen molar-refractivity contribution >= 4 is 45.4 Å². The van der Waals surface area contributed by atoms with Crippen molar-refractivity contribution in [2.45, 2.75) is 34.6 Å². The van der Waals surface area contributed by atoms with Crippen molar-refractivity contribution in [1.29, 1.82) is 0 Å². The molecule has 0 saturated carbocycles. The maximum atomic E-state index is 4.69. The summed E-state index contributed by atoms with van der Waals surface area (Å²) >= 11 is 0. The largest absolute Gasteiger partial charge is 0.261 e. The van der Waals surface area contributed by atoms with Gasteiger partial charge in [-0.1, -0.05) is 36.4 Å². The van der Waals surface area contributed by atoms with Gasteiger partial charge in [0.15, 0.2) is 0 Å². The van der Waals surface area contributed by atoms with Crippen molar-refractivity contribution < 1.29 is 0 Å². The first-order chi connectivity index (χ1) is 14.9. The molecular weight excluding hydrogens is 384 g/mol. The van der Waals surface area contributed by atoms with E-state index in [9.17, 15) is 0 Å². The van der Waals surface area contributed by atoms with Crippen LogP contribution in [0.25, 0.3) is 21.8 Å². The van der Waals surface area contributed by atoms with Crippen LogP contribution in [0.4, 0.5) is 11.6 Å². The molecule has 31 heavy (non-hydrogen) atoms. The van der Waals surface area contributed by atoms with Gasteiger partial charge < -0.3 is 0 Å². The number of aryl methyl sites for hydroxylation is 4. The standard InChI is InChI=1S/C25H26N6/c1-15-8-6-10-20-17(3)12-22(27-24(15)20)30-26-14-19(5)29-31-23-13-18(4)21-11-7-9-16(2)25(21)28-23/h6-14H,1-5H3,(H,27,30)(H,28,31)/b26-14+,29-19+. The van der Waals surface area contributed by atoms with Crippen LogP contribution >= 0.6 is 0 Å². The second kappa shape index (κ2) is 8.52. The lowest BCUT2D eigenvalue weighted by Gasteiger charge is -2.08. The molecule has 0 unspecified atom stereocenters. The minimum absolute atomic E-state index is 0.707. The summed E-state index contributed by atoms with van der Waals surface area (Å²) in [5.74, 6) is 1.42. The number of nitrogens with zero attached hydrogens (tertiary/aromatic N) is 4. The summed E-state index contributed by atoms with van der Waals surface area (Å²) in [5, 5.41) is 11.0. The van der Waals surface area contributed by atoms with Gasteiger partial charge >= 0.3 is 0 Å². The van der Waals surface area contributed by atoms with Crippen LogP contribution in [0, 0.1) is 27.7 Å². The zero-order valence-electron chi connectivity index (χ0n) is 18.5. The van der Waals surface area contributed by atoms with Crippen LogP contribution in [0.1, 0.15) is 29.2 Å². The molecule has 6 heteroatoms. The minimum Gasteiger partial charge on any atom is -0.261 e. The summed E-state index contributed by atoms with van der Waals surface area (Å²) in [7, 11) is 0.